The van der Waals surface area contributed by atoms with Gasteiger partial charge in [-0.3, -0.25) is 9.59 Å². The summed E-state index contributed by atoms with van der Waals surface area (Å²) in [5.74, 6) is -1.69. The first-order valence-electron chi connectivity index (χ1n) is 7.19. The SMILES string of the molecule is NC(=O)CCCn1cnc(C(Cc2ccc(N)nc2)C(=O)O)c1. The number of hydrogen-bond acceptors (Lipinski definition) is 5. The number of pyridine rings is 1. The van der Waals surface area contributed by atoms with Crippen molar-refractivity contribution in [2.24, 2.45) is 5.73 Å². The number of amides is 1. The summed E-state index contributed by atoms with van der Waals surface area (Å²) in [7, 11) is 0. The van der Waals surface area contributed by atoms with E-state index in [1.54, 1.807) is 35.4 Å². The van der Waals surface area contributed by atoms with Crippen molar-refractivity contribution >= 4 is 17.7 Å². The van der Waals surface area contributed by atoms with Crippen molar-refractivity contribution in [2.45, 2.75) is 31.7 Å². The molecule has 0 saturated carbocycles. The first-order chi connectivity index (χ1) is 11.0. The average Bonchev–Trinajstić information content (AvgIpc) is 2.94. The van der Waals surface area contributed by atoms with Gasteiger partial charge in [-0.15, -0.1) is 0 Å². The van der Waals surface area contributed by atoms with E-state index in [1.165, 1.54) is 0 Å². The molecule has 0 aliphatic rings. The number of hydrogen-bond donors (Lipinski definition) is 3. The fourth-order valence-electron chi connectivity index (χ4n) is 2.23. The molecule has 0 saturated heterocycles. The van der Waals surface area contributed by atoms with E-state index in [2.05, 4.69) is 9.97 Å². The second kappa shape index (κ2) is 7.39. The van der Waals surface area contributed by atoms with Crippen LogP contribution in [-0.4, -0.2) is 31.5 Å². The molecule has 0 spiro atoms. The maximum atomic E-state index is 11.5. The van der Waals surface area contributed by atoms with Crippen LogP contribution in [0.15, 0.2) is 30.9 Å². The Kier molecular flexibility index (Phi) is 5.29. The molecule has 2 heterocycles. The minimum Gasteiger partial charge on any atom is -0.481 e. The van der Waals surface area contributed by atoms with Crippen molar-refractivity contribution in [3.8, 4) is 0 Å². The van der Waals surface area contributed by atoms with Crippen LogP contribution in [0.3, 0.4) is 0 Å². The number of nitrogens with zero attached hydrogens (tertiary/aromatic N) is 3. The van der Waals surface area contributed by atoms with Crippen molar-refractivity contribution in [3.63, 3.8) is 0 Å². The molecule has 1 amide bonds. The number of anilines is 1. The number of carbonyl (C=O) groups is 2. The quantitative estimate of drug-likeness (QED) is 0.649. The van der Waals surface area contributed by atoms with Gasteiger partial charge in [0.2, 0.25) is 5.91 Å². The molecular weight excluding hydrogens is 298 g/mol. The Hall–Kier alpha value is -2.90. The number of aryl methyl sites for hydroxylation is 1. The summed E-state index contributed by atoms with van der Waals surface area (Å²) in [5, 5.41) is 9.45. The summed E-state index contributed by atoms with van der Waals surface area (Å²) in [6, 6.07) is 3.39. The van der Waals surface area contributed by atoms with E-state index in [0.29, 0.717) is 24.5 Å². The van der Waals surface area contributed by atoms with Gasteiger partial charge in [-0.1, -0.05) is 6.07 Å². The molecule has 2 rings (SSSR count). The van der Waals surface area contributed by atoms with Gasteiger partial charge in [-0.2, -0.15) is 0 Å². The zero-order valence-corrected chi connectivity index (χ0v) is 12.6. The number of aliphatic carboxylic acids is 1. The van der Waals surface area contributed by atoms with Gasteiger partial charge in [-0.25, -0.2) is 9.97 Å². The first-order valence-corrected chi connectivity index (χ1v) is 7.19. The Labute approximate surface area is 133 Å². The van der Waals surface area contributed by atoms with Gasteiger partial charge in [0, 0.05) is 25.4 Å². The number of aromatic nitrogens is 3. The van der Waals surface area contributed by atoms with Crippen LogP contribution < -0.4 is 11.5 Å². The van der Waals surface area contributed by atoms with Crippen molar-refractivity contribution in [1.82, 2.24) is 14.5 Å². The summed E-state index contributed by atoms with van der Waals surface area (Å²) < 4.78 is 1.76. The van der Waals surface area contributed by atoms with Crippen LogP contribution in [-0.2, 0) is 22.6 Å². The molecule has 1 unspecified atom stereocenters. The molecular formula is C15H19N5O3. The summed E-state index contributed by atoms with van der Waals surface area (Å²) in [4.78, 5) is 30.4. The average molecular weight is 317 g/mol. The van der Waals surface area contributed by atoms with E-state index in [-0.39, 0.29) is 18.7 Å². The number of primary amides is 1. The Bertz CT molecular complexity index is 681. The molecule has 8 nitrogen and oxygen atoms in total. The maximum absolute atomic E-state index is 11.5. The van der Waals surface area contributed by atoms with E-state index in [1.807, 2.05) is 0 Å². The highest BCUT2D eigenvalue weighted by Gasteiger charge is 2.23. The Morgan fingerprint density at radius 2 is 2.09 bits per heavy atom. The Morgan fingerprint density at radius 3 is 2.70 bits per heavy atom. The fourth-order valence-corrected chi connectivity index (χ4v) is 2.23. The second-order valence-electron chi connectivity index (χ2n) is 5.29. The van der Waals surface area contributed by atoms with Gasteiger partial charge < -0.3 is 21.1 Å². The molecule has 0 fully saturated rings. The lowest BCUT2D eigenvalue weighted by Crippen LogP contribution is -2.15. The van der Waals surface area contributed by atoms with Crippen LogP contribution >= 0.6 is 0 Å². The normalized spacial score (nSPS) is 12.0. The number of carbonyl (C=O) groups excluding carboxylic acids is 1. The number of rotatable bonds is 8. The highest BCUT2D eigenvalue weighted by Crippen LogP contribution is 2.20. The molecule has 0 bridgehead atoms. The summed E-state index contributed by atoms with van der Waals surface area (Å²) in [6.07, 6.45) is 5.96. The predicted octanol–water partition coefficient (Wildman–Crippen LogP) is 0.537. The molecule has 23 heavy (non-hydrogen) atoms. The minimum atomic E-state index is -0.954. The van der Waals surface area contributed by atoms with E-state index < -0.39 is 11.9 Å². The van der Waals surface area contributed by atoms with Gasteiger partial charge >= 0.3 is 5.97 Å². The number of carboxylic acids is 1. The summed E-state index contributed by atoms with van der Waals surface area (Å²) in [6.45, 7) is 0.561. The first kappa shape index (κ1) is 16.5. The maximum Gasteiger partial charge on any atom is 0.312 e. The lowest BCUT2D eigenvalue weighted by Gasteiger charge is -2.09. The molecule has 2 aromatic rings. The molecule has 0 radical (unpaired) electrons. The number of carboxylic acid groups (broad SMARTS) is 1. The second-order valence-corrected chi connectivity index (χ2v) is 5.29. The minimum absolute atomic E-state index is 0.279. The van der Waals surface area contributed by atoms with Crippen molar-refractivity contribution in [1.29, 1.82) is 0 Å². The van der Waals surface area contributed by atoms with Crippen LogP contribution in [0.4, 0.5) is 5.82 Å². The van der Waals surface area contributed by atoms with Crippen LogP contribution in [0.2, 0.25) is 0 Å². The molecule has 8 heteroatoms. The lowest BCUT2D eigenvalue weighted by atomic mass is 9.98. The number of imidazole rings is 1. The Balaban J connectivity index is 2.06. The molecule has 1 atom stereocenters. The molecule has 122 valence electrons. The van der Waals surface area contributed by atoms with Crippen molar-refractivity contribution in [3.05, 3.63) is 42.1 Å². The standard InChI is InChI=1S/C15H19N5O3/c16-13-4-3-10(7-18-13)6-11(15(22)23)12-8-20(9-19-12)5-1-2-14(17)21/h3-4,7-9,11H,1-2,5-6H2,(H2,16,18)(H2,17,21)(H,22,23). The third-order valence-corrected chi connectivity index (χ3v) is 3.44. The molecule has 0 aliphatic heterocycles. The van der Waals surface area contributed by atoms with Gasteiger partial charge in [0.15, 0.2) is 0 Å². The summed E-state index contributed by atoms with van der Waals surface area (Å²) >= 11 is 0. The lowest BCUT2D eigenvalue weighted by molar-refractivity contribution is -0.138. The van der Waals surface area contributed by atoms with E-state index in [4.69, 9.17) is 11.5 Å². The van der Waals surface area contributed by atoms with Crippen molar-refractivity contribution in [2.75, 3.05) is 5.73 Å². The zero-order chi connectivity index (χ0) is 16.8. The smallest absolute Gasteiger partial charge is 0.312 e. The largest absolute Gasteiger partial charge is 0.481 e. The van der Waals surface area contributed by atoms with Crippen LogP contribution in [0.1, 0.15) is 30.0 Å². The van der Waals surface area contributed by atoms with Crippen LogP contribution in [0, 0.1) is 0 Å². The zero-order valence-electron chi connectivity index (χ0n) is 12.6. The van der Waals surface area contributed by atoms with E-state index in [9.17, 15) is 14.7 Å². The van der Waals surface area contributed by atoms with Gasteiger partial charge in [-0.05, 0) is 24.5 Å². The topological polar surface area (TPSA) is 137 Å². The molecule has 0 aromatic carbocycles. The van der Waals surface area contributed by atoms with Gasteiger partial charge in [0.05, 0.1) is 12.0 Å². The molecule has 2 aromatic heterocycles. The fraction of sp³-hybridized carbons (Fsp3) is 0.333. The number of nitrogen functional groups attached to an aromatic ring is 1. The van der Waals surface area contributed by atoms with Crippen molar-refractivity contribution < 1.29 is 14.7 Å². The number of nitrogens with two attached hydrogens (primary N) is 2. The van der Waals surface area contributed by atoms with Gasteiger partial charge in [0.25, 0.3) is 0 Å². The van der Waals surface area contributed by atoms with E-state index in [0.717, 1.165) is 5.56 Å². The van der Waals surface area contributed by atoms with E-state index >= 15 is 0 Å². The Morgan fingerprint density at radius 1 is 1.30 bits per heavy atom. The predicted molar refractivity (Wildman–Crippen MR) is 83.4 cm³/mol. The highest BCUT2D eigenvalue weighted by atomic mass is 16.4. The van der Waals surface area contributed by atoms with Gasteiger partial charge in [0.1, 0.15) is 11.7 Å². The van der Waals surface area contributed by atoms with Crippen LogP contribution in [0.5, 0.6) is 0 Å². The van der Waals surface area contributed by atoms with Crippen LogP contribution in [0.25, 0.3) is 0 Å². The third-order valence-electron chi connectivity index (χ3n) is 3.44. The summed E-state index contributed by atoms with van der Waals surface area (Å²) in [5.41, 5.74) is 11.9. The highest BCUT2D eigenvalue weighted by molar-refractivity contribution is 5.75. The third kappa shape index (κ3) is 4.80. The monoisotopic (exact) mass is 317 g/mol. The molecule has 0 aliphatic carbocycles. The molecule has 5 N–H and O–H groups in total.